The summed E-state index contributed by atoms with van der Waals surface area (Å²) in [6.07, 6.45) is 2.97. The van der Waals surface area contributed by atoms with Crippen LogP contribution >= 0.6 is 0 Å². The molecule has 0 aliphatic heterocycles. The molecule has 4 nitrogen and oxygen atoms in total. The van der Waals surface area contributed by atoms with Gasteiger partial charge >= 0.3 is 0 Å². The molecule has 0 aliphatic carbocycles. The zero-order valence-corrected chi connectivity index (χ0v) is 14.5. The number of benzene rings is 1. The van der Waals surface area contributed by atoms with Gasteiger partial charge in [-0.3, -0.25) is 0 Å². The van der Waals surface area contributed by atoms with Crippen LogP contribution in [0.2, 0.25) is 0 Å². The highest BCUT2D eigenvalue weighted by atomic mass is 32.2. The topological polar surface area (TPSA) is 55.4 Å². The first-order valence-electron chi connectivity index (χ1n) is 7.43. The monoisotopic (exact) mass is 313 g/mol. The van der Waals surface area contributed by atoms with Crippen LogP contribution in [0, 0.1) is 12.8 Å². The Morgan fingerprint density at radius 1 is 1.19 bits per heavy atom. The molecule has 1 N–H and O–H groups in total. The quantitative estimate of drug-likeness (QED) is 0.799. The van der Waals surface area contributed by atoms with Crippen LogP contribution in [-0.2, 0) is 10.0 Å². The van der Waals surface area contributed by atoms with Gasteiger partial charge in [0, 0.05) is 6.04 Å². The normalized spacial score (nSPS) is 13.4. The highest BCUT2D eigenvalue weighted by molar-refractivity contribution is 7.89. The minimum atomic E-state index is -3.55. The van der Waals surface area contributed by atoms with E-state index in [-0.39, 0.29) is 10.9 Å². The Bertz CT molecular complexity index is 553. The molecule has 1 aromatic carbocycles. The molecular weight excluding hydrogens is 286 g/mol. The van der Waals surface area contributed by atoms with Gasteiger partial charge in [-0.05, 0) is 43.9 Å². The Balaban J connectivity index is 2.79. The molecule has 0 bridgehead atoms. The van der Waals surface area contributed by atoms with Crippen molar-refractivity contribution in [1.29, 1.82) is 0 Å². The van der Waals surface area contributed by atoms with E-state index in [1.165, 1.54) is 7.11 Å². The average molecular weight is 313 g/mol. The van der Waals surface area contributed by atoms with Gasteiger partial charge in [0.25, 0.3) is 0 Å². The zero-order valence-electron chi connectivity index (χ0n) is 13.6. The second-order valence-corrected chi connectivity index (χ2v) is 7.68. The van der Waals surface area contributed by atoms with Crippen LogP contribution < -0.4 is 9.46 Å². The summed E-state index contributed by atoms with van der Waals surface area (Å²) in [5.41, 5.74) is 0.892. The number of hydrogen-bond donors (Lipinski definition) is 1. The molecule has 0 fully saturated rings. The molecule has 0 amide bonds. The lowest BCUT2D eigenvalue weighted by Crippen LogP contribution is -2.32. The molecule has 0 aromatic heterocycles. The summed E-state index contributed by atoms with van der Waals surface area (Å²) in [7, 11) is -2.07. The van der Waals surface area contributed by atoms with Crippen molar-refractivity contribution in [2.75, 3.05) is 7.11 Å². The third-order valence-electron chi connectivity index (χ3n) is 3.38. The molecule has 5 heteroatoms. The Morgan fingerprint density at radius 2 is 1.86 bits per heavy atom. The smallest absolute Gasteiger partial charge is 0.244 e. The first kappa shape index (κ1) is 18.0. The lowest BCUT2D eigenvalue weighted by atomic mass is 10.0. The van der Waals surface area contributed by atoms with Crippen LogP contribution in [0.5, 0.6) is 5.75 Å². The second-order valence-electron chi connectivity index (χ2n) is 6.00. The maximum Gasteiger partial charge on any atom is 0.244 e. The lowest BCUT2D eigenvalue weighted by molar-refractivity contribution is 0.401. The summed E-state index contributed by atoms with van der Waals surface area (Å²) >= 11 is 0. The molecular formula is C16H27NO3S. The van der Waals surface area contributed by atoms with E-state index in [1.807, 2.05) is 19.9 Å². The number of rotatable bonds is 8. The molecule has 120 valence electrons. The molecule has 21 heavy (non-hydrogen) atoms. The fraction of sp³-hybridized carbons (Fsp3) is 0.625. The Morgan fingerprint density at radius 3 is 2.43 bits per heavy atom. The molecule has 0 heterocycles. The van der Waals surface area contributed by atoms with Gasteiger partial charge in [0.05, 0.1) is 7.11 Å². The molecule has 0 radical (unpaired) electrons. The summed E-state index contributed by atoms with van der Waals surface area (Å²) in [5.74, 6) is 1.02. The minimum Gasteiger partial charge on any atom is -0.495 e. The number of ether oxygens (including phenoxy) is 1. The summed E-state index contributed by atoms with van der Waals surface area (Å²) < 4.78 is 32.9. The number of hydrogen-bond acceptors (Lipinski definition) is 3. The van der Waals surface area contributed by atoms with E-state index in [1.54, 1.807) is 12.1 Å². The lowest BCUT2D eigenvalue weighted by Gasteiger charge is -2.16. The number of methoxy groups -OCH3 is 1. The first-order chi connectivity index (χ1) is 9.76. The van der Waals surface area contributed by atoms with Crippen LogP contribution in [0.4, 0.5) is 0 Å². The van der Waals surface area contributed by atoms with Crippen molar-refractivity contribution in [1.82, 2.24) is 4.72 Å². The summed E-state index contributed by atoms with van der Waals surface area (Å²) in [6.45, 7) is 8.11. The van der Waals surface area contributed by atoms with Crippen LogP contribution in [0.1, 0.15) is 45.6 Å². The van der Waals surface area contributed by atoms with Gasteiger partial charge in [-0.1, -0.05) is 32.8 Å². The largest absolute Gasteiger partial charge is 0.495 e. The zero-order chi connectivity index (χ0) is 16.0. The highest BCUT2D eigenvalue weighted by Gasteiger charge is 2.21. The van der Waals surface area contributed by atoms with Crippen molar-refractivity contribution in [2.24, 2.45) is 5.92 Å². The van der Waals surface area contributed by atoms with Gasteiger partial charge in [0.1, 0.15) is 10.6 Å². The first-order valence-corrected chi connectivity index (χ1v) is 8.91. The maximum atomic E-state index is 12.5. The Kier molecular flexibility index (Phi) is 6.68. The maximum absolute atomic E-state index is 12.5. The van der Waals surface area contributed by atoms with E-state index < -0.39 is 10.0 Å². The average Bonchev–Trinajstić information content (AvgIpc) is 2.37. The van der Waals surface area contributed by atoms with Gasteiger partial charge in [0.2, 0.25) is 10.0 Å². The van der Waals surface area contributed by atoms with Crippen molar-refractivity contribution < 1.29 is 13.2 Å². The van der Waals surface area contributed by atoms with E-state index in [0.717, 1.165) is 24.8 Å². The molecule has 0 saturated carbocycles. The van der Waals surface area contributed by atoms with Gasteiger partial charge in [-0.25, -0.2) is 13.1 Å². The summed E-state index contributed by atoms with van der Waals surface area (Å²) in [6, 6.07) is 5.08. The molecule has 0 aliphatic rings. The van der Waals surface area contributed by atoms with Crippen molar-refractivity contribution >= 4 is 10.0 Å². The Hall–Kier alpha value is -1.07. The summed E-state index contributed by atoms with van der Waals surface area (Å²) in [4.78, 5) is 0.209. The van der Waals surface area contributed by atoms with Crippen molar-refractivity contribution in [3.8, 4) is 5.75 Å². The SMILES string of the molecule is COc1ccc(C)cc1S(=O)(=O)N[C@@H](C)CCCC(C)C. The van der Waals surface area contributed by atoms with Crippen molar-refractivity contribution in [3.63, 3.8) is 0 Å². The molecule has 1 atom stereocenters. The van der Waals surface area contributed by atoms with Gasteiger partial charge in [0.15, 0.2) is 0 Å². The molecule has 0 spiro atoms. The predicted octanol–water partition coefficient (Wildman–Crippen LogP) is 3.50. The fourth-order valence-electron chi connectivity index (χ4n) is 2.21. The van der Waals surface area contributed by atoms with E-state index in [4.69, 9.17) is 4.74 Å². The van der Waals surface area contributed by atoms with Crippen molar-refractivity contribution in [2.45, 2.75) is 57.9 Å². The molecule has 1 aromatic rings. The molecule has 1 rings (SSSR count). The van der Waals surface area contributed by atoms with E-state index in [9.17, 15) is 8.42 Å². The highest BCUT2D eigenvalue weighted by Crippen LogP contribution is 2.25. The second kappa shape index (κ2) is 7.80. The van der Waals surface area contributed by atoms with Crippen molar-refractivity contribution in [3.05, 3.63) is 23.8 Å². The summed E-state index contributed by atoms with van der Waals surface area (Å²) in [5, 5.41) is 0. The van der Waals surface area contributed by atoms with E-state index in [0.29, 0.717) is 11.7 Å². The molecule has 0 unspecified atom stereocenters. The van der Waals surface area contributed by atoms with Crippen LogP contribution in [0.25, 0.3) is 0 Å². The van der Waals surface area contributed by atoms with Crippen LogP contribution in [0.15, 0.2) is 23.1 Å². The van der Waals surface area contributed by atoms with E-state index >= 15 is 0 Å². The Labute approximate surface area is 129 Å². The third-order valence-corrected chi connectivity index (χ3v) is 4.99. The minimum absolute atomic E-state index is 0.0843. The standard InChI is InChI=1S/C16H27NO3S/c1-12(2)7-6-8-14(4)17-21(18,19)16-11-13(3)9-10-15(16)20-5/h9-12,14,17H,6-8H2,1-5H3/t14-/m0/s1. The van der Waals surface area contributed by atoms with Gasteiger partial charge < -0.3 is 4.74 Å². The molecule has 0 saturated heterocycles. The van der Waals surface area contributed by atoms with Crippen LogP contribution in [0.3, 0.4) is 0 Å². The number of sulfonamides is 1. The predicted molar refractivity (Wildman–Crippen MR) is 86.2 cm³/mol. The number of aryl methyl sites for hydroxylation is 1. The third kappa shape index (κ3) is 5.67. The van der Waals surface area contributed by atoms with Gasteiger partial charge in [-0.15, -0.1) is 0 Å². The fourth-order valence-corrected chi connectivity index (χ4v) is 3.75. The number of nitrogens with one attached hydrogen (secondary N) is 1. The van der Waals surface area contributed by atoms with Crippen LogP contribution in [-0.4, -0.2) is 21.6 Å². The van der Waals surface area contributed by atoms with Gasteiger partial charge in [-0.2, -0.15) is 0 Å². The van der Waals surface area contributed by atoms with E-state index in [2.05, 4.69) is 18.6 Å².